The van der Waals surface area contributed by atoms with Crippen molar-refractivity contribution in [3.63, 3.8) is 0 Å². The second kappa shape index (κ2) is 5.14. The molecular formula is C12H14N4OS. The normalized spacial score (nSPS) is 12.1. The molecule has 18 heavy (non-hydrogen) atoms. The van der Waals surface area contributed by atoms with E-state index >= 15 is 0 Å². The first kappa shape index (κ1) is 12.5. The molecule has 2 N–H and O–H groups in total. The van der Waals surface area contributed by atoms with Crippen LogP contribution < -0.4 is 5.32 Å². The van der Waals surface area contributed by atoms with Crippen molar-refractivity contribution in [2.45, 2.75) is 19.9 Å². The van der Waals surface area contributed by atoms with E-state index in [9.17, 15) is 4.79 Å². The van der Waals surface area contributed by atoms with Gasteiger partial charge < -0.3 is 5.32 Å². The summed E-state index contributed by atoms with van der Waals surface area (Å²) in [5.74, 6) is 0.581. The molecule has 0 radical (unpaired) electrons. The zero-order valence-corrected chi connectivity index (χ0v) is 11.0. The Balaban J connectivity index is 2.45. The van der Waals surface area contributed by atoms with Gasteiger partial charge in [0.15, 0.2) is 10.6 Å². The van der Waals surface area contributed by atoms with Crippen molar-refractivity contribution in [3.05, 3.63) is 40.9 Å². The summed E-state index contributed by atoms with van der Waals surface area (Å²) in [6.07, 6.45) is 0. The number of carbonyl (C=O) groups is 1. The van der Waals surface area contributed by atoms with Crippen molar-refractivity contribution in [3.8, 4) is 5.69 Å². The third-order valence-electron chi connectivity index (χ3n) is 2.52. The molecule has 5 nitrogen and oxygen atoms in total. The van der Waals surface area contributed by atoms with Crippen LogP contribution in [0, 0.1) is 4.77 Å². The maximum Gasteiger partial charge on any atom is 0.217 e. The molecule has 0 spiro atoms. The number of amides is 1. The summed E-state index contributed by atoms with van der Waals surface area (Å²) >= 11 is 5.22. The van der Waals surface area contributed by atoms with Crippen molar-refractivity contribution in [2.75, 3.05) is 0 Å². The molecule has 2 rings (SSSR count). The summed E-state index contributed by atoms with van der Waals surface area (Å²) in [5, 5.41) is 9.72. The van der Waals surface area contributed by atoms with E-state index in [0.717, 1.165) is 5.69 Å². The quantitative estimate of drug-likeness (QED) is 0.833. The molecule has 1 amide bonds. The lowest BCUT2D eigenvalue weighted by Crippen LogP contribution is -2.26. The topological polar surface area (TPSA) is 62.7 Å². The van der Waals surface area contributed by atoms with Crippen LogP contribution in [0.1, 0.15) is 25.7 Å². The number of hydrogen-bond donors (Lipinski definition) is 2. The number of aromatic amines is 1. The number of para-hydroxylation sites is 1. The minimum Gasteiger partial charge on any atom is -0.347 e. The van der Waals surface area contributed by atoms with Gasteiger partial charge in [0.25, 0.3) is 0 Å². The van der Waals surface area contributed by atoms with Gasteiger partial charge in [0.1, 0.15) is 0 Å². The van der Waals surface area contributed by atoms with E-state index in [0.29, 0.717) is 10.6 Å². The number of nitrogens with zero attached hydrogens (tertiary/aromatic N) is 2. The molecule has 0 saturated heterocycles. The fourth-order valence-corrected chi connectivity index (χ4v) is 2.04. The highest BCUT2D eigenvalue weighted by Gasteiger charge is 2.15. The lowest BCUT2D eigenvalue weighted by Gasteiger charge is -2.13. The van der Waals surface area contributed by atoms with Gasteiger partial charge in [-0.25, -0.2) is 0 Å². The van der Waals surface area contributed by atoms with Crippen molar-refractivity contribution in [2.24, 2.45) is 0 Å². The highest BCUT2D eigenvalue weighted by Crippen LogP contribution is 2.16. The number of rotatable bonds is 3. The van der Waals surface area contributed by atoms with Gasteiger partial charge in [0.2, 0.25) is 5.91 Å². The number of H-pyrrole nitrogens is 1. The molecule has 0 aliphatic carbocycles. The predicted octanol–water partition coefficient (Wildman–Crippen LogP) is 2.13. The highest BCUT2D eigenvalue weighted by molar-refractivity contribution is 7.71. The molecule has 94 valence electrons. The molecular weight excluding hydrogens is 248 g/mol. The van der Waals surface area contributed by atoms with E-state index in [2.05, 4.69) is 15.5 Å². The van der Waals surface area contributed by atoms with E-state index in [-0.39, 0.29) is 11.9 Å². The predicted molar refractivity (Wildman–Crippen MR) is 71.0 cm³/mol. The molecule has 0 saturated carbocycles. The SMILES string of the molecule is CC(=O)NC(C)c1n[nH]c(=S)n1-c1ccccc1. The monoisotopic (exact) mass is 262 g/mol. The first-order valence-corrected chi connectivity index (χ1v) is 6.00. The van der Waals surface area contributed by atoms with Gasteiger partial charge in [-0.15, -0.1) is 0 Å². The van der Waals surface area contributed by atoms with E-state index in [1.54, 1.807) is 0 Å². The molecule has 2 aromatic rings. The van der Waals surface area contributed by atoms with Crippen molar-refractivity contribution >= 4 is 18.1 Å². The Bertz CT molecular complexity index is 602. The molecule has 1 heterocycles. The van der Waals surface area contributed by atoms with Crippen LogP contribution in [0.2, 0.25) is 0 Å². The van der Waals surface area contributed by atoms with Gasteiger partial charge in [-0.2, -0.15) is 5.10 Å². The van der Waals surface area contributed by atoms with E-state index in [1.165, 1.54) is 6.92 Å². The fourth-order valence-electron chi connectivity index (χ4n) is 1.80. The summed E-state index contributed by atoms with van der Waals surface area (Å²) in [6, 6.07) is 9.46. The maximum atomic E-state index is 11.1. The molecule has 0 aliphatic rings. The molecule has 1 aromatic heterocycles. The van der Waals surface area contributed by atoms with Gasteiger partial charge in [0.05, 0.1) is 6.04 Å². The number of aromatic nitrogens is 3. The zero-order valence-electron chi connectivity index (χ0n) is 10.2. The van der Waals surface area contributed by atoms with E-state index in [4.69, 9.17) is 12.2 Å². The smallest absolute Gasteiger partial charge is 0.217 e. The molecule has 6 heteroatoms. The van der Waals surface area contributed by atoms with Gasteiger partial charge in [-0.3, -0.25) is 14.5 Å². The third-order valence-corrected chi connectivity index (χ3v) is 2.79. The molecule has 0 bridgehead atoms. The average molecular weight is 262 g/mol. The number of hydrogen-bond acceptors (Lipinski definition) is 3. The summed E-state index contributed by atoms with van der Waals surface area (Å²) in [6.45, 7) is 3.34. The summed E-state index contributed by atoms with van der Waals surface area (Å²) < 4.78 is 2.32. The number of benzene rings is 1. The molecule has 1 unspecified atom stereocenters. The van der Waals surface area contributed by atoms with Crippen molar-refractivity contribution in [1.82, 2.24) is 20.1 Å². The Morgan fingerprint density at radius 3 is 2.72 bits per heavy atom. The van der Waals surface area contributed by atoms with Crippen LogP contribution in [0.25, 0.3) is 5.69 Å². The van der Waals surface area contributed by atoms with Crippen molar-refractivity contribution < 1.29 is 4.79 Å². The maximum absolute atomic E-state index is 11.1. The highest BCUT2D eigenvalue weighted by atomic mass is 32.1. The van der Waals surface area contributed by atoms with Crippen LogP contribution in [0.3, 0.4) is 0 Å². The van der Waals surface area contributed by atoms with E-state index < -0.39 is 0 Å². The standard InChI is InChI=1S/C12H14N4OS/c1-8(13-9(2)17)11-14-15-12(18)16(11)10-6-4-3-5-7-10/h3-8H,1-2H3,(H,13,17)(H,15,18). The van der Waals surface area contributed by atoms with Crippen LogP contribution >= 0.6 is 12.2 Å². The first-order valence-electron chi connectivity index (χ1n) is 5.59. The first-order chi connectivity index (χ1) is 8.59. The van der Waals surface area contributed by atoms with Crippen LogP contribution in [0.15, 0.2) is 30.3 Å². The van der Waals surface area contributed by atoms with Crippen molar-refractivity contribution in [1.29, 1.82) is 0 Å². The van der Waals surface area contributed by atoms with Crippen LogP contribution in [0.5, 0.6) is 0 Å². The molecule has 0 fully saturated rings. The molecule has 0 aliphatic heterocycles. The minimum atomic E-state index is -0.212. The number of carbonyl (C=O) groups excluding carboxylic acids is 1. The Morgan fingerprint density at radius 2 is 2.11 bits per heavy atom. The summed E-state index contributed by atoms with van der Waals surface area (Å²) in [7, 11) is 0. The number of nitrogens with one attached hydrogen (secondary N) is 2. The molecule has 1 aromatic carbocycles. The van der Waals surface area contributed by atoms with Crippen LogP contribution in [-0.2, 0) is 4.79 Å². The van der Waals surface area contributed by atoms with Gasteiger partial charge in [-0.1, -0.05) is 18.2 Å². The second-order valence-electron chi connectivity index (χ2n) is 3.98. The summed E-state index contributed by atoms with van der Waals surface area (Å²) in [5.41, 5.74) is 0.920. The van der Waals surface area contributed by atoms with E-state index in [1.807, 2.05) is 41.8 Å². The van der Waals surface area contributed by atoms with Crippen LogP contribution in [0.4, 0.5) is 0 Å². The lowest BCUT2D eigenvalue weighted by atomic mass is 10.2. The van der Waals surface area contributed by atoms with Gasteiger partial charge >= 0.3 is 0 Å². The Labute approximate surface area is 110 Å². The van der Waals surface area contributed by atoms with Crippen LogP contribution in [-0.4, -0.2) is 20.7 Å². The Morgan fingerprint density at radius 1 is 1.44 bits per heavy atom. The average Bonchev–Trinajstić information content (AvgIpc) is 2.71. The Kier molecular flexibility index (Phi) is 3.57. The zero-order chi connectivity index (χ0) is 13.1. The second-order valence-corrected chi connectivity index (χ2v) is 4.37. The van der Waals surface area contributed by atoms with Gasteiger partial charge in [0, 0.05) is 12.6 Å². The summed E-state index contributed by atoms with van der Waals surface area (Å²) in [4.78, 5) is 11.1. The lowest BCUT2D eigenvalue weighted by molar-refractivity contribution is -0.119. The molecule has 1 atom stereocenters. The minimum absolute atomic E-state index is 0.101. The Hall–Kier alpha value is -1.95. The largest absolute Gasteiger partial charge is 0.347 e. The third kappa shape index (κ3) is 2.48. The fraction of sp³-hybridized carbons (Fsp3) is 0.250. The van der Waals surface area contributed by atoms with Gasteiger partial charge in [-0.05, 0) is 31.3 Å².